The summed E-state index contributed by atoms with van der Waals surface area (Å²) < 4.78 is 31.7. The predicted molar refractivity (Wildman–Crippen MR) is 126 cm³/mol. The first kappa shape index (κ1) is 24.7. The van der Waals surface area contributed by atoms with Crippen molar-refractivity contribution < 1.29 is 17.9 Å². The second-order valence-electron chi connectivity index (χ2n) is 8.31. The van der Waals surface area contributed by atoms with Gasteiger partial charge in [0, 0.05) is 13.0 Å². The molecule has 31 heavy (non-hydrogen) atoms. The van der Waals surface area contributed by atoms with Crippen molar-refractivity contribution in [2.24, 2.45) is 0 Å². The summed E-state index contributed by atoms with van der Waals surface area (Å²) in [6.07, 6.45) is 1.86. The minimum Gasteiger partial charge on any atom is -0.491 e. The molecule has 0 radical (unpaired) electrons. The van der Waals surface area contributed by atoms with Crippen LogP contribution in [0.2, 0.25) is 0 Å². The molecule has 2 aromatic carbocycles. The molecule has 0 aliphatic heterocycles. The van der Waals surface area contributed by atoms with Crippen LogP contribution < -0.4 is 14.4 Å². The Morgan fingerprint density at radius 2 is 1.68 bits per heavy atom. The van der Waals surface area contributed by atoms with Gasteiger partial charge in [0.15, 0.2) is 0 Å². The topological polar surface area (TPSA) is 75.7 Å². The lowest BCUT2D eigenvalue weighted by atomic mass is 10.1. The van der Waals surface area contributed by atoms with Gasteiger partial charge in [0.1, 0.15) is 12.4 Å². The maximum Gasteiger partial charge on any atom is 0.232 e. The fraction of sp³-hybridized carbons (Fsp3) is 0.458. The first-order chi connectivity index (χ1) is 14.5. The number of benzene rings is 2. The Morgan fingerprint density at radius 3 is 2.26 bits per heavy atom. The smallest absolute Gasteiger partial charge is 0.232 e. The molecule has 0 spiro atoms. The summed E-state index contributed by atoms with van der Waals surface area (Å²) in [5.74, 6) is 0.659. The lowest BCUT2D eigenvalue weighted by Crippen LogP contribution is -2.37. The largest absolute Gasteiger partial charge is 0.491 e. The van der Waals surface area contributed by atoms with E-state index in [0.717, 1.165) is 22.4 Å². The zero-order valence-electron chi connectivity index (χ0n) is 19.4. The van der Waals surface area contributed by atoms with Crippen molar-refractivity contribution in [3.8, 4) is 5.75 Å². The first-order valence-corrected chi connectivity index (χ1v) is 12.4. The summed E-state index contributed by atoms with van der Waals surface area (Å²) in [6, 6.07) is 11.5. The van der Waals surface area contributed by atoms with E-state index in [-0.39, 0.29) is 24.9 Å². The standard InChI is InChI=1S/C24H34N2O4S/c1-17-12-18(2)14-22(13-17)26(31(6,28)29)11-7-8-24(27)25-21(5)16-30-23-10-9-19(3)20(4)15-23/h9-10,12-15,21H,7-8,11,16H2,1-6H3,(H,25,27)/t21-/m1/s1. The number of hydrogen-bond donors (Lipinski definition) is 1. The van der Waals surface area contributed by atoms with Crippen LogP contribution in [0.15, 0.2) is 36.4 Å². The molecular weight excluding hydrogens is 412 g/mol. The summed E-state index contributed by atoms with van der Waals surface area (Å²) in [5.41, 5.74) is 5.00. The molecule has 7 heteroatoms. The lowest BCUT2D eigenvalue weighted by molar-refractivity contribution is -0.121. The van der Waals surface area contributed by atoms with E-state index < -0.39 is 10.0 Å². The number of rotatable bonds is 10. The van der Waals surface area contributed by atoms with Crippen LogP contribution in [0.1, 0.15) is 42.0 Å². The minimum atomic E-state index is -3.44. The van der Waals surface area contributed by atoms with Crippen LogP contribution in [0.4, 0.5) is 5.69 Å². The average molecular weight is 447 g/mol. The number of nitrogens with zero attached hydrogens (tertiary/aromatic N) is 1. The summed E-state index contributed by atoms with van der Waals surface area (Å²) in [6.45, 7) is 10.5. The number of anilines is 1. The van der Waals surface area contributed by atoms with Gasteiger partial charge in [-0.2, -0.15) is 0 Å². The molecule has 0 fully saturated rings. The number of amides is 1. The van der Waals surface area contributed by atoms with E-state index in [4.69, 9.17) is 4.74 Å². The van der Waals surface area contributed by atoms with Crippen LogP contribution in [0.25, 0.3) is 0 Å². The Kier molecular flexibility index (Phi) is 8.51. The van der Waals surface area contributed by atoms with E-state index >= 15 is 0 Å². The van der Waals surface area contributed by atoms with Gasteiger partial charge >= 0.3 is 0 Å². The summed E-state index contributed by atoms with van der Waals surface area (Å²) in [4.78, 5) is 12.3. The fourth-order valence-electron chi connectivity index (χ4n) is 3.38. The molecule has 0 unspecified atom stereocenters. The van der Waals surface area contributed by atoms with Gasteiger partial charge in [-0.25, -0.2) is 8.42 Å². The van der Waals surface area contributed by atoms with Crippen molar-refractivity contribution in [2.75, 3.05) is 23.7 Å². The molecule has 1 atom stereocenters. The third kappa shape index (κ3) is 7.90. The first-order valence-electron chi connectivity index (χ1n) is 10.5. The molecule has 2 rings (SSSR count). The fourth-order valence-corrected chi connectivity index (χ4v) is 4.33. The minimum absolute atomic E-state index is 0.120. The van der Waals surface area contributed by atoms with Gasteiger partial charge in [0.2, 0.25) is 15.9 Å². The highest BCUT2D eigenvalue weighted by Crippen LogP contribution is 2.22. The van der Waals surface area contributed by atoms with Gasteiger partial charge in [0.05, 0.1) is 18.0 Å². The molecule has 2 aromatic rings. The van der Waals surface area contributed by atoms with Crippen LogP contribution in [0.5, 0.6) is 5.75 Å². The molecule has 1 amide bonds. The Morgan fingerprint density at radius 1 is 1.03 bits per heavy atom. The SMILES string of the molecule is Cc1cc(C)cc(N(CCCC(=O)N[C@H](C)COc2ccc(C)c(C)c2)S(C)(=O)=O)c1. The van der Waals surface area contributed by atoms with Crippen molar-refractivity contribution in [3.05, 3.63) is 58.7 Å². The lowest BCUT2D eigenvalue weighted by Gasteiger charge is -2.23. The maximum atomic E-state index is 12.3. The van der Waals surface area contributed by atoms with Crippen LogP contribution >= 0.6 is 0 Å². The Labute approximate surface area is 186 Å². The van der Waals surface area contributed by atoms with E-state index in [1.807, 2.05) is 71.0 Å². The molecule has 6 nitrogen and oxygen atoms in total. The van der Waals surface area contributed by atoms with E-state index in [1.54, 1.807) is 0 Å². The van der Waals surface area contributed by atoms with Gasteiger partial charge in [-0.3, -0.25) is 9.10 Å². The summed E-state index contributed by atoms with van der Waals surface area (Å²) in [5, 5.41) is 2.91. The molecular formula is C24H34N2O4S. The quantitative estimate of drug-likeness (QED) is 0.597. The van der Waals surface area contributed by atoms with Crippen molar-refractivity contribution in [2.45, 2.75) is 53.5 Å². The number of ether oxygens (including phenoxy) is 1. The number of nitrogens with one attached hydrogen (secondary N) is 1. The van der Waals surface area contributed by atoms with Gasteiger partial charge in [-0.05, 0) is 87.6 Å². The maximum absolute atomic E-state index is 12.3. The van der Waals surface area contributed by atoms with Crippen molar-refractivity contribution in [1.82, 2.24) is 5.32 Å². The Bertz CT molecular complexity index is 998. The van der Waals surface area contributed by atoms with Crippen molar-refractivity contribution >= 4 is 21.6 Å². The zero-order chi connectivity index (χ0) is 23.2. The predicted octanol–water partition coefficient (Wildman–Crippen LogP) is 4.05. The molecule has 0 heterocycles. The zero-order valence-corrected chi connectivity index (χ0v) is 20.2. The monoisotopic (exact) mass is 446 g/mol. The van der Waals surface area contributed by atoms with Crippen LogP contribution in [0.3, 0.4) is 0 Å². The highest BCUT2D eigenvalue weighted by molar-refractivity contribution is 7.92. The molecule has 0 aliphatic rings. The second kappa shape index (κ2) is 10.7. The highest BCUT2D eigenvalue weighted by Gasteiger charge is 2.18. The van der Waals surface area contributed by atoms with Crippen molar-refractivity contribution in [1.29, 1.82) is 0 Å². The van der Waals surface area contributed by atoms with Gasteiger partial charge in [-0.15, -0.1) is 0 Å². The summed E-state index contributed by atoms with van der Waals surface area (Å²) in [7, 11) is -3.44. The molecule has 1 N–H and O–H groups in total. The van der Waals surface area contributed by atoms with Gasteiger partial charge in [-0.1, -0.05) is 12.1 Å². The van der Waals surface area contributed by atoms with E-state index in [2.05, 4.69) is 5.32 Å². The number of carbonyl (C=O) groups excluding carboxylic acids is 1. The molecule has 0 saturated heterocycles. The van der Waals surface area contributed by atoms with Crippen molar-refractivity contribution in [3.63, 3.8) is 0 Å². The third-order valence-corrected chi connectivity index (χ3v) is 6.24. The average Bonchev–Trinajstić information content (AvgIpc) is 2.64. The van der Waals surface area contributed by atoms with Gasteiger partial charge in [0.25, 0.3) is 0 Å². The molecule has 170 valence electrons. The third-order valence-electron chi connectivity index (χ3n) is 5.05. The molecule has 0 bridgehead atoms. The van der Waals surface area contributed by atoms with Crippen LogP contribution in [0, 0.1) is 27.7 Å². The highest BCUT2D eigenvalue weighted by atomic mass is 32.2. The van der Waals surface area contributed by atoms with Crippen LogP contribution in [-0.2, 0) is 14.8 Å². The number of hydrogen-bond acceptors (Lipinski definition) is 4. The summed E-state index contributed by atoms with van der Waals surface area (Å²) >= 11 is 0. The van der Waals surface area contributed by atoms with Crippen LogP contribution in [-0.4, -0.2) is 39.8 Å². The Hall–Kier alpha value is -2.54. The Balaban J connectivity index is 1.85. The van der Waals surface area contributed by atoms with E-state index in [0.29, 0.717) is 18.7 Å². The normalized spacial score (nSPS) is 12.3. The molecule has 0 aromatic heterocycles. The molecule has 0 saturated carbocycles. The van der Waals surface area contributed by atoms with E-state index in [1.165, 1.54) is 16.1 Å². The van der Waals surface area contributed by atoms with Gasteiger partial charge < -0.3 is 10.1 Å². The number of carbonyl (C=O) groups is 1. The number of sulfonamides is 1. The number of aryl methyl sites for hydroxylation is 4. The molecule has 0 aliphatic carbocycles. The van der Waals surface area contributed by atoms with E-state index in [9.17, 15) is 13.2 Å². The second-order valence-corrected chi connectivity index (χ2v) is 10.2.